The summed E-state index contributed by atoms with van der Waals surface area (Å²) < 4.78 is 39.3. The van der Waals surface area contributed by atoms with Gasteiger partial charge in [-0.1, -0.05) is 29.3 Å². The van der Waals surface area contributed by atoms with Crippen molar-refractivity contribution in [3.8, 4) is 0 Å². The quantitative estimate of drug-likeness (QED) is 0.465. The second-order valence-corrected chi connectivity index (χ2v) is 10.2. The van der Waals surface area contributed by atoms with E-state index < -0.39 is 17.8 Å². The van der Waals surface area contributed by atoms with E-state index in [1.807, 2.05) is 11.8 Å². The Balaban J connectivity index is 1.54. The molecule has 198 valence electrons. The Morgan fingerprint density at radius 3 is 2.49 bits per heavy atom. The van der Waals surface area contributed by atoms with Gasteiger partial charge in [0.05, 0.1) is 5.56 Å². The number of likely N-dealkylation sites (tertiary alicyclic amines) is 1. The summed E-state index contributed by atoms with van der Waals surface area (Å²) >= 11 is 12.4. The average molecular weight is 556 g/mol. The fourth-order valence-corrected chi connectivity index (χ4v) is 5.52. The normalized spacial score (nSPS) is 19.4. The van der Waals surface area contributed by atoms with Crippen LogP contribution in [0, 0.1) is 0 Å². The van der Waals surface area contributed by atoms with Crippen LogP contribution in [-0.2, 0) is 22.2 Å². The summed E-state index contributed by atoms with van der Waals surface area (Å²) in [4.78, 5) is 43.1. The Kier molecular flexibility index (Phi) is 8.04. The predicted molar refractivity (Wildman–Crippen MR) is 135 cm³/mol. The number of hydrogen-bond acceptors (Lipinski definition) is 4. The molecule has 0 radical (unpaired) electrons. The minimum absolute atomic E-state index is 0.0558. The van der Waals surface area contributed by atoms with Crippen molar-refractivity contribution in [1.29, 1.82) is 0 Å². The monoisotopic (exact) mass is 555 g/mol. The van der Waals surface area contributed by atoms with Gasteiger partial charge in [0.15, 0.2) is 6.29 Å². The predicted octanol–water partition coefficient (Wildman–Crippen LogP) is 5.10. The van der Waals surface area contributed by atoms with Crippen molar-refractivity contribution in [2.24, 2.45) is 0 Å². The molecule has 0 saturated carbocycles. The summed E-state index contributed by atoms with van der Waals surface area (Å²) in [7, 11) is 0. The van der Waals surface area contributed by atoms with Crippen LogP contribution in [0.25, 0.3) is 0 Å². The fraction of sp³-hybridized carbons (Fsp3) is 0.423. The number of halogens is 5. The molecule has 2 saturated heterocycles. The molecule has 0 aromatic heterocycles. The van der Waals surface area contributed by atoms with E-state index in [9.17, 15) is 27.6 Å². The smallest absolute Gasteiger partial charge is 0.367 e. The molecular formula is C26H26Cl2F3N3O3. The third-order valence-electron chi connectivity index (χ3n) is 6.93. The molecule has 2 aliphatic heterocycles. The second kappa shape index (κ2) is 10.9. The van der Waals surface area contributed by atoms with Crippen LogP contribution in [0.1, 0.15) is 41.3 Å². The van der Waals surface area contributed by atoms with E-state index in [0.29, 0.717) is 60.1 Å². The molecule has 2 unspecified atom stereocenters. The maximum atomic E-state index is 13.8. The largest absolute Gasteiger partial charge is 0.416 e. The lowest BCUT2D eigenvalue weighted by molar-refractivity contribution is -0.145. The fourth-order valence-electron chi connectivity index (χ4n) is 5.03. The first-order valence-corrected chi connectivity index (χ1v) is 12.7. The molecule has 2 aliphatic rings. The first-order chi connectivity index (χ1) is 17.5. The van der Waals surface area contributed by atoms with E-state index in [1.54, 1.807) is 28.0 Å². The molecule has 0 aliphatic carbocycles. The SMILES string of the molecule is CC1CN(c2ccc(C(F)(F)F)cc2C=O)CCN1C(=O)C(Cc1ccc(Cl)cc1Cl)N1CCCC1=O. The lowest BCUT2D eigenvalue weighted by Gasteiger charge is -2.43. The van der Waals surface area contributed by atoms with Crippen molar-refractivity contribution in [2.45, 2.75) is 44.4 Å². The van der Waals surface area contributed by atoms with Crippen LogP contribution in [0.3, 0.4) is 0 Å². The van der Waals surface area contributed by atoms with Crippen molar-refractivity contribution in [3.63, 3.8) is 0 Å². The molecule has 2 atom stereocenters. The number of aldehydes is 1. The number of anilines is 1. The molecule has 0 spiro atoms. The van der Waals surface area contributed by atoms with Crippen LogP contribution in [0.5, 0.6) is 0 Å². The van der Waals surface area contributed by atoms with Gasteiger partial charge in [-0.25, -0.2) is 0 Å². The summed E-state index contributed by atoms with van der Waals surface area (Å²) in [6.07, 6.45) is -2.85. The van der Waals surface area contributed by atoms with E-state index in [0.717, 1.165) is 12.1 Å². The minimum Gasteiger partial charge on any atom is -0.367 e. The summed E-state index contributed by atoms with van der Waals surface area (Å²) in [5.41, 5.74) is 0.149. The van der Waals surface area contributed by atoms with Crippen molar-refractivity contribution < 1.29 is 27.6 Å². The number of carbonyl (C=O) groups is 3. The van der Waals surface area contributed by atoms with Gasteiger partial charge in [0.1, 0.15) is 6.04 Å². The van der Waals surface area contributed by atoms with Crippen molar-refractivity contribution in [2.75, 3.05) is 31.1 Å². The highest BCUT2D eigenvalue weighted by atomic mass is 35.5. The molecule has 6 nitrogen and oxygen atoms in total. The standard InChI is InChI=1S/C26H26Cl2F3N3O3/c1-16-14-32(22-7-5-19(26(29,30)31)11-18(22)15-35)9-10-33(16)25(37)23(34-8-2-3-24(34)36)12-17-4-6-20(27)13-21(17)28/h4-7,11,13,15-16,23H,2-3,8-10,12,14H2,1H3. The highest BCUT2D eigenvalue weighted by molar-refractivity contribution is 6.35. The highest BCUT2D eigenvalue weighted by Crippen LogP contribution is 2.33. The lowest BCUT2D eigenvalue weighted by atomic mass is 10.0. The Labute approximate surface area is 222 Å². The third kappa shape index (κ3) is 5.88. The number of carbonyl (C=O) groups excluding carboxylic acids is 3. The van der Waals surface area contributed by atoms with E-state index >= 15 is 0 Å². The van der Waals surface area contributed by atoms with E-state index in [1.165, 1.54) is 6.07 Å². The molecule has 2 heterocycles. The minimum atomic E-state index is -4.55. The van der Waals surface area contributed by atoms with Gasteiger partial charge in [0, 0.05) is 66.4 Å². The van der Waals surface area contributed by atoms with Gasteiger partial charge in [0.25, 0.3) is 0 Å². The third-order valence-corrected chi connectivity index (χ3v) is 7.52. The van der Waals surface area contributed by atoms with Crippen molar-refractivity contribution in [3.05, 3.63) is 63.1 Å². The van der Waals surface area contributed by atoms with E-state index in [-0.39, 0.29) is 36.4 Å². The molecular weight excluding hydrogens is 530 g/mol. The summed E-state index contributed by atoms with van der Waals surface area (Å²) in [6.45, 7) is 3.24. The van der Waals surface area contributed by atoms with Crippen LogP contribution in [0.4, 0.5) is 18.9 Å². The zero-order valence-corrected chi connectivity index (χ0v) is 21.6. The molecule has 2 fully saturated rings. The molecule has 4 rings (SSSR count). The molecule has 11 heteroatoms. The topological polar surface area (TPSA) is 60.9 Å². The van der Waals surface area contributed by atoms with Gasteiger partial charge in [-0.3, -0.25) is 14.4 Å². The molecule has 2 aromatic carbocycles. The van der Waals surface area contributed by atoms with Crippen molar-refractivity contribution in [1.82, 2.24) is 9.80 Å². The molecule has 2 amide bonds. The maximum Gasteiger partial charge on any atom is 0.416 e. The van der Waals surface area contributed by atoms with Crippen molar-refractivity contribution >= 4 is 47.0 Å². The number of nitrogens with zero attached hydrogens (tertiary/aromatic N) is 3. The van der Waals surface area contributed by atoms with Crippen LogP contribution in [0.2, 0.25) is 10.0 Å². The zero-order valence-electron chi connectivity index (χ0n) is 20.1. The van der Waals surface area contributed by atoms with E-state index in [4.69, 9.17) is 23.2 Å². The van der Waals surface area contributed by atoms with Crippen LogP contribution in [0.15, 0.2) is 36.4 Å². The number of alkyl halides is 3. The Morgan fingerprint density at radius 2 is 1.89 bits per heavy atom. The molecule has 2 aromatic rings. The number of benzene rings is 2. The number of hydrogen-bond donors (Lipinski definition) is 0. The zero-order chi connectivity index (χ0) is 26.9. The van der Waals surface area contributed by atoms with Gasteiger partial charge in [-0.15, -0.1) is 0 Å². The summed E-state index contributed by atoms with van der Waals surface area (Å²) in [5.74, 6) is -0.299. The number of rotatable bonds is 6. The first-order valence-electron chi connectivity index (χ1n) is 11.9. The maximum absolute atomic E-state index is 13.8. The van der Waals surface area contributed by atoms with Gasteiger partial charge in [0.2, 0.25) is 11.8 Å². The molecule has 37 heavy (non-hydrogen) atoms. The second-order valence-electron chi connectivity index (χ2n) is 9.36. The van der Waals surface area contributed by atoms with Gasteiger partial charge >= 0.3 is 6.18 Å². The number of piperazine rings is 1. The lowest BCUT2D eigenvalue weighted by Crippen LogP contribution is -2.59. The van der Waals surface area contributed by atoms with Crippen LogP contribution in [-0.4, -0.2) is 66.2 Å². The Morgan fingerprint density at radius 1 is 1.14 bits per heavy atom. The molecule has 0 bridgehead atoms. The summed E-state index contributed by atoms with van der Waals surface area (Å²) in [5, 5.41) is 0.884. The Hall–Kier alpha value is -2.78. The van der Waals surface area contributed by atoms with Gasteiger partial charge in [-0.05, 0) is 49.2 Å². The number of amides is 2. The van der Waals surface area contributed by atoms with Gasteiger partial charge in [-0.2, -0.15) is 13.2 Å². The molecule has 0 N–H and O–H groups in total. The summed E-state index contributed by atoms with van der Waals surface area (Å²) in [6, 6.07) is 7.07. The van der Waals surface area contributed by atoms with Gasteiger partial charge < -0.3 is 14.7 Å². The Bertz CT molecular complexity index is 1210. The van der Waals surface area contributed by atoms with E-state index in [2.05, 4.69) is 0 Å². The first kappa shape index (κ1) is 27.3. The van der Waals surface area contributed by atoms with Crippen LogP contribution >= 0.6 is 23.2 Å². The highest BCUT2D eigenvalue weighted by Gasteiger charge is 2.39. The van der Waals surface area contributed by atoms with Crippen LogP contribution < -0.4 is 4.90 Å². The average Bonchev–Trinajstić information content (AvgIpc) is 3.27.